The number of nitrogens with one attached hydrogen (secondary N) is 1. The first kappa shape index (κ1) is 12.3. The Balaban J connectivity index is 2.21. The number of rotatable bonds is 4. The van der Waals surface area contributed by atoms with Crippen LogP contribution in [0.15, 0.2) is 35.1 Å². The fourth-order valence-corrected chi connectivity index (χ4v) is 1.93. The van der Waals surface area contributed by atoms with Crippen LogP contribution in [-0.2, 0) is 6.54 Å². The van der Waals surface area contributed by atoms with E-state index < -0.39 is 0 Å². The molecule has 1 aromatic carbocycles. The number of nitrogens with zero attached hydrogens (tertiary/aromatic N) is 2. The highest BCUT2D eigenvalue weighted by atomic mass is 79.9. The lowest BCUT2D eigenvalue weighted by Gasteiger charge is -2.02. The minimum Gasteiger partial charge on any atom is -0.318 e. The summed E-state index contributed by atoms with van der Waals surface area (Å²) in [6.07, 6.45) is 4.00. The molecule has 2 rings (SSSR count). The second kappa shape index (κ2) is 5.47. The van der Waals surface area contributed by atoms with Crippen LogP contribution in [0.5, 0.6) is 0 Å². The van der Waals surface area contributed by atoms with Crippen molar-refractivity contribution in [2.75, 3.05) is 13.6 Å². The maximum absolute atomic E-state index is 4.35. The Bertz CT molecular complexity index is 505. The third kappa shape index (κ3) is 2.96. The quantitative estimate of drug-likeness (QED) is 0.939. The van der Waals surface area contributed by atoms with E-state index in [1.165, 1.54) is 11.1 Å². The standard InChI is InChI=1S/C13H16BrN3/c1-10-7-11(3-4-13(10)14)12-8-16-17(9-12)6-5-15-2/h3-4,7-9,15H,5-6H2,1-2H3. The van der Waals surface area contributed by atoms with Gasteiger partial charge in [0, 0.05) is 22.8 Å². The number of hydrogen-bond acceptors (Lipinski definition) is 2. The molecular weight excluding hydrogens is 278 g/mol. The summed E-state index contributed by atoms with van der Waals surface area (Å²) in [5.74, 6) is 0. The van der Waals surface area contributed by atoms with Crippen LogP contribution in [0.1, 0.15) is 5.56 Å². The molecule has 0 amide bonds. The fourth-order valence-electron chi connectivity index (χ4n) is 1.69. The Kier molecular flexibility index (Phi) is 3.97. The predicted octanol–water partition coefficient (Wildman–Crippen LogP) is 2.84. The average molecular weight is 294 g/mol. The van der Waals surface area contributed by atoms with Gasteiger partial charge in [0.25, 0.3) is 0 Å². The Morgan fingerprint density at radius 2 is 2.18 bits per heavy atom. The Morgan fingerprint density at radius 3 is 2.88 bits per heavy atom. The smallest absolute Gasteiger partial charge is 0.0568 e. The minimum absolute atomic E-state index is 0.895. The van der Waals surface area contributed by atoms with Crippen molar-refractivity contribution in [2.45, 2.75) is 13.5 Å². The SMILES string of the molecule is CNCCn1cc(-c2ccc(Br)c(C)c2)cn1. The van der Waals surface area contributed by atoms with Crippen LogP contribution < -0.4 is 5.32 Å². The van der Waals surface area contributed by atoms with Crippen molar-refractivity contribution in [3.05, 3.63) is 40.6 Å². The lowest BCUT2D eigenvalue weighted by atomic mass is 10.1. The molecule has 4 heteroatoms. The molecule has 17 heavy (non-hydrogen) atoms. The van der Waals surface area contributed by atoms with Crippen LogP contribution in [0, 0.1) is 6.92 Å². The van der Waals surface area contributed by atoms with Gasteiger partial charge in [-0.3, -0.25) is 4.68 Å². The largest absolute Gasteiger partial charge is 0.318 e. The molecule has 0 aliphatic heterocycles. The number of benzene rings is 1. The average Bonchev–Trinajstić information content (AvgIpc) is 2.79. The monoisotopic (exact) mass is 293 g/mol. The van der Waals surface area contributed by atoms with Crippen LogP contribution in [0.4, 0.5) is 0 Å². The summed E-state index contributed by atoms with van der Waals surface area (Å²) in [6.45, 7) is 3.92. The Labute approximate surface area is 110 Å². The molecule has 1 N–H and O–H groups in total. The van der Waals surface area contributed by atoms with Gasteiger partial charge in [-0.25, -0.2) is 0 Å². The molecule has 90 valence electrons. The molecule has 0 saturated carbocycles. The summed E-state index contributed by atoms with van der Waals surface area (Å²) in [7, 11) is 1.95. The zero-order chi connectivity index (χ0) is 12.3. The third-order valence-electron chi connectivity index (χ3n) is 2.72. The third-order valence-corrected chi connectivity index (χ3v) is 3.61. The molecule has 0 fully saturated rings. The first-order chi connectivity index (χ1) is 8.20. The summed E-state index contributed by atoms with van der Waals surface area (Å²) in [5.41, 5.74) is 3.61. The highest BCUT2D eigenvalue weighted by Gasteiger charge is 2.03. The van der Waals surface area contributed by atoms with E-state index in [4.69, 9.17) is 0 Å². The van der Waals surface area contributed by atoms with Crippen LogP contribution in [0.25, 0.3) is 11.1 Å². The second-order valence-corrected chi connectivity index (χ2v) is 4.91. The normalized spacial score (nSPS) is 10.8. The molecular formula is C13H16BrN3. The van der Waals surface area contributed by atoms with Crippen molar-refractivity contribution >= 4 is 15.9 Å². The minimum atomic E-state index is 0.895. The molecule has 0 bridgehead atoms. The highest BCUT2D eigenvalue weighted by molar-refractivity contribution is 9.10. The molecule has 0 spiro atoms. The first-order valence-electron chi connectivity index (χ1n) is 5.64. The van der Waals surface area contributed by atoms with E-state index in [2.05, 4.69) is 57.7 Å². The van der Waals surface area contributed by atoms with E-state index in [1.54, 1.807) is 0 Å². The van der Waals surface area contributed by atoms with Gasteiger partial charge < -0.3 is 5.32 Å². The van der Waals surface area contributed by atoms with Crippen molar-refractivity contribution in [3.8, 4) is 11.1 Å². The topological polar surface area (TPSA) is 29.9 Å². The van der Waals surface area contributed by atoms with E-state index in [0.717, 1.165) is 23.1 Å². The Hall–Kier alpha value is -1.13. The molecule has 0 radical (unpaired) electrons. The fraction of sp³-hybridized carbons (Fsp3) is 0.308. The van der Waals surface area contributed by atoms with E-state index >= 15 is 0 Å². The van der Waals surface area contributed by atoms with Gasteiger partial charge in [-0.15, -0.1) is 0 Å². The van der Waals surface area contributed by atoms with E-state index in [1.807, 2.05) is 17.9 Å². The van der Waals surface area contributed by atoms with Gasteiger partial charge in [-0.2, -0.15) is 5.10 Å². The molecule has 0 aliphatic carbocycles. The number of halogens is 1. The lowest BCUT2D eigenvalue weighted by molar-refractivity contribution is 0.585. The van der Waals surface area contributed by atoms with Crippen molar-refractivity contribution in [2.24, 2.45) is 0 Å². The number of aryl methyl sites for hydroxylation is 1. The van der Waals surface area contributed by atoms with Crippen molar-refractivity contribution in [3.63, 3.8) is 0 Å². The molecule has 0 saturated heterocycles. The first-order valence-corrected chi connectivity index (χ1v) is 6.43. The summed E-state index contributed by atoms with van der Waals surface area (Å²) in [5, 5.41) is 7.46. The summed E-state index contributed by atoms with van der Waals surface area (Å²) < 4.78 is 3.10. The van der Waals surface area contributed by atoms with Crippen molar-refractivity contribution < 1.29 is 0 Å². The van der Waals surface area contributed by atoms with Gasteiger partial charge in [0.15, 0.2) is 0 Å². The van der Waals surface area contributed by atoms with Gasteiger partial charge in [-0.1, -0.05) is 28.1 Å². The lowest BCUT2D eigenvalue weighted by Crippen LogP contribution is -2.14. The summed E-state index contributed by atoms with van der Waals surface area (Å²) in [4.78, 5) is 0. The maximum Gasteiger partial charge on any atom is 0.0568 e. The van der Waals surface area contributed by atoms with E-state index in [-0.39, 0.29) is 0 Å². The van der Waals surface area contributed by atoms with E-state index in [9.17, 15) is 0 Å². The summed E-state index contributed by atoms with van der Waals surface area (Å²) in [6, 6.07) is 6.36. The Morgan fingerprint density at radius 1 is 1.35 bits per heavy atom. The summed E-state index contributed by atoms with van der Waals surface area (Å²) >= 11 is 3.51. The molecule has 3 nitrogen and oxygen atoms in total. The van der Waals surface area contributed by atoms with Crippen molar-refractivity contribution in [1.29, 1.82) is 0 Å². The number of aromatic nitrogens is 2. The number of hydrogen-bond donors (Lipinski definition) is 1. The highest BCUT2D eigenvalue weighted by Crippen LogP contribution is 2.24. The van der Waals surface area contributed by atoms with E-state index in [0.29, 0.717) is 0 Å². The van der Waals surface area contributed by atoms with Gasteiger partial charge >= 0.3 is 0 Å². The molecule has 0 atom stereocenters. The van der Waals surface area contributed by atoms with Crippen LogP contribution >= 0.6 is 15.9 Å². The van der Waals surface area contributed by atoms with Gasteiger partial charge in [0.2, 0.25) is 0 Å². The van der Waals surface area contributed by atoms with Gasteiger partial charge in [0.1, 0.15) is 0 Å². The molecule has 1 heterocycles. The van der Waals surface area contributed by atoms with Gasteiger partial charge in [0.05, 0.1) is 12.7 Å². The molecule has 1 aromatic heterocycles. The van der Waals surface area contributed by atoms with Crippen LogP contribution in [0.2, 0.25) is 0 Å². The predicted molar refractivity (Wildman–Crippen MR) is 74.0 cm³/mol. The molecule has 2 aromatic rings. The van der Waals surface area contributed by atoms with Crippen LogP contribution in [0.3, 0.4) is 0 Å². The number of likely N-dealkylation sites (N-methyl/N-ethyl adjacent to an activating group) is 1. The van der Waals surface area contributed by atoms with Crippen LogP contribution in [-0.4, -0.2) is 23.4 Å². The van der Waals surface area contributed by atoms with Gasteiger partial charge in [-0.05, 0) is 31.2 Å². The zero-order valence-electron chi connectivity index (χ0n) is 10.1. The van der Waals surface area contributed by atoms with Crippen molar-refractivity contribution in [1.82, 2.24) is 15.1 Å². The molecule has 0 aliphatic rings. The maximum atomic E-state index is 4.35. The zero-order valence-corrected chi connectivity index (χ0v) is 11.7. The second-order valence-electron chi connectivity index (χ2n) is 4.06. The molecule has 0 unspecified atom stereocenters.